The first-order chi connectivity index (χ1) is 13.8. The summed E-state index contributed by atoms with van der Waals surface area (Å²) in [6.07, 6.45) is 0.262. The summed E-state index contributed by atoms with van der Waals surface area (Å²) in [6, 6.07) is 13.3. The van der Waals surface area contributed by atoms with Gasteiger partial charge in [0.2, 0.25) is 10.0 Å². The second-order valence-corrected chi connectivity index (χ2v) is 9.30. The number of rotatable bonds is 8. The van der Waals surface area contributed by atoms with E-state index in [2.05, 4.69) is 20.9 Å². The van der Waals surface area contributed by atoms with Gasteiger partial charge in [0, 0.05) is 35.8 Å². The lowest BCUT2D eigenvalue weighted by Crippen LogP contribution is -2.34. The van der Waals surface area contributed by atoms with Gasteiger partial charge < -0.3 is 14.8 Å². The monoisotopic (exact) mass is 480 g/mol. The number of aromatic nitrogens is 1. The first-order valence-corrected chi connectivity index (χ1v) is 11.1. The molecule has 0 amide bonds. The Hall–Kier alpha value is -2.20. The van der Waals surface area contributed by atoms with Gasteiger partial charge in [-0.3, -0.25) is 4.79 Å². The van der Waals surface area contributed by atoms with Crippen LogP contribution in [0, 0.1) is 0 Å². The number of hydrogen-bond donors (Lipinski definition) is 2. The Morgan fingerprint density at radius 3 is 2.52 bits per heavy atom. The van der Waals surface area contributed by atoms with Crippen molar-refractivity contribution in [3.63, 3.8) is 0 Å². The summed E-state index contributed by atoms with van der Waals surface area (Å²) in [5.74, 6) is 0.614. The summed E-state index contributed by atoms with van der Waals surface area (Å²) in [5.41, 5.74) is 0.558. The van der Waals surface area contributed by atoms with E-state index < -0.39 is 10.0 Å². The molecule has 0 aliphatic heterocycles. The minimum atomic E-state index is -3.84. The molecular weight excluding hydrogens is 460 g/mol. The van der Waals surface area contributed by atoms with Gasteiger partial charge in [0.15, 0.2) is 0 Å². The third-order valence-corrected chi connectivity index (χ3v) is 6.88. The molecule has 2 aromatic carbocycles. The third kappa shape index (κ3) is 4.87. The number of aliphatic hydroxyl groups is 1. The van der Waals surface area contributed by atoms with Crippen molar-refractivity contribution in [1.82, 2.24) is 9.29 Å². The molecule has 0 fully saturated rings. The molecule has 7 nitrogen and oxygen atoms in total. The first-order valence-electron chi connectivity index (χ1n) is 8.91. The molecule has 3 aromatic rings. The minimum absolute atomic E-state index is 0.0922. The molecule has 1 heterocycles. The maximum Gasteiger partial charge on any atom is 0.252 e. The fourth-order valence-corrected chi connectivity index (χ4v) is 4.67. The van der Waals surface area contributed by atoms with E-state index in [0.717, 1.165) is 9.86 Å². The van der Waals surface area contributed by atoms with Crippen LogP contribution >= 0.6 is 15.9 Å². The highest BCUT2D eigenvalue weighted by atomic mass is 79.9. The van der Waals surface area contributed by atoms with Crippen LogP contribution in [0.4, 0.5) is 0 Å². The van der Waals surface area contributed by atoms with Crippen molar-refractivity contribution in [1.29, 1.82) is 0 Å². The van der Waals surface area contributed by atoms with Crippen molar-refractivity contribution >= 4 is 36.9 Å². The Morgan fingerprint density at radius 2 is 1.86 bits per heavy atom. The van der Waals surface area contributed by atoms with E-state index in [9.17, 15) is 18.3 Å². The van der Waals surface area contributed by atoms with E-state index in [1.165, 1.54) is 16.4 Å². The molecule has 0 unspecified atom stereocenters. The molecule has 0 saturated heterocycles. The Kier molecular flexibility index (Phi) is 6.74. The second-order valence-electron chi connectivity index (χ2n) is 6.45. The predicted molar refractivity (Wildman–Crippen MR) is 115 cm³/mol. The van der Waals surface area contributed by atoms with Crippen LogP contribution in [-0.4, -0.2) is 43.1 Å². The van der Waals surface area contributed by atoms with Gasteiger partial charge >= 0.3 is 0 Å². The standard InChI is InChI=1S/C20H21BrN2O5S/c1-28-17-6-3-14-11-15(20(25)22-19(14)12-17)13-23(9-2-10-24)29(26,27)18-7-4-16(21)5-8-18/h3-8,11-12,24H,2,9-10,13H2,1H3,(H,22,25). The SMILES string of the molecule is COc1ccc2cc(CN(CCCO)S(=O)(=O)c3ccc(Br)cc3)c(=O)[nH]c2c1. The van der Waals surface area contributed by atoms with Gasteiger partial charge in [0.05, 0.1) is 17.5 Å². The quantitative estimate of drug-likeness (QED) is 0.516. The zero-order chi connectivity index (χ0) is 21.0. The number of benzene rings is 2. The molecule has 0 aliphatic carbocycles. The third-order valence-electron chi connectivity index (χ3n) is 4.49. The molecule has 154 valence electrons. The summed E-state index contributed by atoms with van der Waals surface area (Å²) in [7, 11) is -2.30. The largest absolute Gasteiger partial charge is 0.497 e. The number of pyridine rings is 1. The number of sulfonamides is 1. The van der Waals surface area contributed by atoms with Gasteiger partial charge in [-0.05, 0) is 54.3 Å². The summed E-state index contributed by atoms with van der Waals surface area (Å²) in [4.78, 5) is 15.5. The van der Waals surface area contributed by atoms with Gasteiger partial charge in [-0.1, -0.05) is 15.9 Å². The molecule has 29 heavy (non-hydrogen) atoms. The first kappa shape index (κ1) is 21.5. The van der Waals surface area contributed by atoms with Gasteiger partial charge in [-0.15, -0.1) is 0 Å². The zero-order valence-corrected chi connectivity index (χ0v) is 18.2. The molecule has 0 bridgehead atoms. The molecule has 0 atom stereocenters. The van der Waals surface area contributed by atoms with Gasteiger partial charge in [-0.2, -0.15) is 4.31 Å². The van der Waals surface area contributed by atoms with Crippen LogP contribution in [0.2, 0.25) is 0 Å². The van der Waals surface area contributed by atoms with Gasteiger partial charge in [0.25, 0.3) is 5.56 Å². The van der Waals surface area contributed by atoms with E-state index >= 15 is 0 Å². The van der Waals surface area contributed by atoms with Crippen molar-refractivity contribution in [2.45, 2.75) is 17.9 Å². The van der Waals surface area contributed by atoms with E-state index in [-0.39, 0.29) is 36.6 Å². The number of H-pyrrole nitrogens is 1. The Morgan fingerprint density at radius 1 is 1.14 bits per heavy atom. The lowest BCUT2D eigenvalue weighted by atomic mass is 10.1. The molecule has 0 aliphatic rings. The van der Waals surface area contributed by atoms with Crippen LogP contribution < -0.4 is 10.3 Å². The molecule has 9 heteroatoms. The van der Waals surface area contributed by atoms with Crippen LogP contribution in [0.3, 0.4) is 0 Å². The predicted octanol–water partition coefficient (Wildman–Crippen LogP) is 2.87. The number of ether oxygens (including phenoxy) is 1. The van der Waals surface area contributed by atoms with Gasteiger partial charge in [-0.25, -0.2) is 8.42 Å². The zero-order valence-electron chi connectivity index (χ0n) is 15.8. The second kappa shape index (κ2) is 9.08. The van der Waals surface area contributed by atoms with E-state index in [4.69, 9.17) is 4.74 Å². The molecule has 0 spiro atoms. The van der Waals surface area contributed by atoms with E-state index in [1.54, 1.807) is 43.5 Å². The number of methoxy groups -OCH3 is 1. The maximum atomic E-state index is 13.1. The number of aromatic amines is 1. The number of nitrogens with zero attached hydrogens (tertiary/aromatic N) is 1. The van der Waals surface area contributed by atoms with Crippen molar-refractivity contribution in [2.24, 2.45) is 0 Å². The Balaban J connectivity index is 1.99. The summed E-state index contributed by atoms with van der Waals surface area (Å²) in [5, 5.41) is 9.96. The number of halogens is 1. The highest BCUT2D eigenvalue weighted by Crippen LogP contribution is 2.22. The Labute approximate surface area is 177 Å². The smallest absolute Gasteiger partial charge is 0.252 e. The van der Waals surface area contributed by atoms with Crippen molar-refractivity contribution < 1.29 is 18.3 Å². The molecule has 0 saturated carbocycles. The van der Waals surface area contributed by atoms with Gasteiger partial charge in [0.1, 0.15) is 5.75 Å². The lowest BCUT2D eigenvalue weighted by Gasteiger charge is -2.22. The van der Waals surface area contributed by atoms with Crippen LogP contribution in [-0.2, 0) is 16.6 Å². The average molecular weight is 481 g/mol. The molecule has 2 N–H and O–H groups in total. The fraction of sp³-hybridized carbons (Fsp3) is 0.250. The summed E-state index contributed by atoms with van der Waals surface area (Å²) in [6.45, 7) is -0.162. The number of nitrogens with one attached hydrogen (secondary N) is 1. The lowest BCUT2D eigenvalue weighted by molar-refractivity contribution is 0.267. The highest BCUT2D eigenvalue weighted by Gasteiger charge is 2.25. The van der Waals surface area contributed by atoms with Crippen molar-refractivity contribution in [3.05, 3.63) is 68.9 Å². The van der Waals surface area contributed by atoms with Crippen LogP contribution in [0.5, 0.6) is 5.75 Å². The van der Waals surface area contributed by atoms with Crippen LogP contribution in [0.15, 0.2) is 62.7 Å². The average Bonchev–Trinajstić information content (AvgIpc) is 2.71. The molecule has 1 aromatic heterocycles. The van der Waals surface area contributed by atoms with Crippen molar-refractivity contribution in [3.8, 4) is 5.75 Å². The summed E-state index contributed by atoms with van der Waals surface area (Å²) >= 11 is 3.29. The van der Waals surface area contributed by atoms with E-state index in [0.29, 0.717) is 16.8 Å². The fourth-order valence-electron chi connectivity index (χ4n) is 2.95. The summed E-state index contributed by atoms with van der Waals surface area (Å²) < 4.78 is 33.4. The number of aliphatic hydroxyl groups excluding tert-OH is 1. The van der Waals surface area contributed by atoms with Crippen LogP contribution in [0.25, 0.3) is 10.9 Å². The minimum Gasteiger partial charge on any atom is -0.497 e. The van der Waals surface area contributed by atoms with E-state index in [1.807, 2.05) is 0 Å². The topological polar surface area (TPSA) is 99.7 Å². The normalized spacial score (nSPS) is 11.9. The number of hydrogen-bond acceptors (Lipinski definition) is 5. The Bertz CT molecular complexity index is 1160. The molecular formula is C20H21BrN2O5S. The molecule has 0 radical (unpaired) electrons. The highest BCUT2D eigenvalue weighted by molar-refractivity contribution is 9.10. The molecule has 3 rings (SSSR count). The van der Waals surface area contributed by atoms with Crippen molar-refractivity contribution in [2.75, 3.05) is 20.3 Å². The maximum absolute atomic E-state index is 13.1. The van der Waals surface area contributed by atoms with Crippen LogP contribution in [0.1, 0.15) is 12.0 Å². The number of fused-ring (bicyclic) bond motifs is 1.